The van der Waals surface area contributed by atoms with Crippen LogP contribution in [0, 0.1) is 23.5 Å². The molecule has 2 fully saturated rings. The maximum atomic E-state index is 13.8. The first-order chi connectivity index (χ1) is 10.7. The number of rotatable bonds is 5. The van der Waals surface area contributed by atoms with Gasteiger partial charge in [0.15, 0.2) is 0 Å². The van der Waals surface area contributed by atoms with Gasteiger partial charge in [-0.05, 0) is 56.0 Å². The third kappa shape index (κ3) is 3.65. The minimum atomic E-state index is -0.400. The van der Waals surface area contributed by atoms with Crippen molar-refractivity contribution in [2.45, 2.75) is 19.4 Å². The standard InChI is InChI=1S/C17H24F2N2O/c18-16-3-4-17(19)13(7-16)8-21-10-14(15(11-21)12-22)9-20-5-1-2-6-20/h3-4,7,14-15,22H,1-2,5-6,8-12H2/t14-,15-/m0/s1. The predicted molar refractivity (Wildman–Crippen MR) is 81.4 cm³/mol. The molecule has 0 unspecified atom stereocenters. The highest BCUT2D eigenvalue weighted by molar-refractivity contribution is 5.18. The van der Waals surface area contributed by atoms with Gasteiger partial charge in [0.1, 0.15) is 11.6 Å². The van der Waals surface area contributed by atoms with E-state index < -0.39 is 5.82 Å². The quantitative estimate of drug-likeness (QED) is 0.902. The van der Waals surface area contributed by atoms with Crippen molar-refractivity contribution in [2.24, 2.45) is 11.8 Å². The van der Waals surface area contributed by atoms with E-state index >= 15 is 0 Å². The zero-order valence-electron chi connectivity index (χ0n) is 12.8. The normalized spacial score (nSPS) is 26.9. The van der Waals surface area contributed by atoms with Crippen molar-refractivity contribution in [2.75, 3.05) is 39.3 Å². The smallest absolute Gasteiger partial charge is 0.127 e. The number of aliphatic hydroxyl groups is 1. The van der Waals surface area contributed by atoms with E-state index in [4.69, 9.17) is 0 Å². The lowest BCUT2D eigenvalue weighted by Crippen LogP contribution is -2.31. The van der Waals surface area contributed by atoms with Gasteiger partial charge in [-0.2, -0.15) is 0 Å². The van der Waals surface area contributed by atoms with Crippen molar-refractivity contribution in [3.05, 3.63) is 35.4 Å². The molecule has 2 aliphatic heterocycles. The second-order valence-corrected chi connectivity index (χ2v) is 6.64. The summed E-state index contributed by atoms with van der Waals surface area (Å²) in [5, 5.41) is 9.61. The van der Waals surface area contributed by atoms with Crippen molar-refractivity contribution in [1.29, 1.82) is 0 Å². The van der Waals surface area contributed by atoms with Crippen LogP contribution in [0.4, 0.5) is 8.78 Å². The molecule has 0 radical (unpaired) electrons. The lowest BCUT2D eigenvalue weighted by Gasteiger charge is -2.23. The summed E-state index contributed by atoms with van der Waals surface area (Å²) >= 11 is 0. The molecule has 0 aromatic heterocycles. The summed E-state index contributed by atoms with van der Waals surface area (Å²) in [6.07, 6.45) is 2.52. The summed E-state index contributed by atoms with van der Waals surface area (Å²) < 4.78 is 27.1. The van der Waals surface area contributed by atoms with Crippen molar-refractivity contribution in [1.82, 2.24) is 9.80 Å². The van der Waals surface area contributed by atoms with E-state index in [-0.39, 0.29) is 18.3 Å². The fourth-order valence-corrected chi connectivity index (χ4v) is 3.78. The van der Waals surface area contributed by atoms with Crippen LogP contribution in [0.3, 0.4) is 0 Å². The molecule has 122 valence electrons. The Morgan fingerprint density at radius 2 is 1.77 bits per heavy atom. The summed E-state index contributed by atoms with van der Waals surface area (Å²) in [6.45, 7) is 5.48. The Kier molecular flexibility index (Phi) is 5.06. The first-order valence-corrected chi connectivity index (χ1v) is 8.15. The van der Waals surface area contributed by atoms with Gasteiger partial charge in [-0.15, -0.1) is 0 Å². The van der Waals surface area contributed by atoms with E-state index in [0.717, 1.165) is 38.8 Å². The first kappa shape index (κ1) is 15.8. The lowest BCUT2D eigenvalue weighted by molar-refractivity contribution is 0.175. The summed E-state index contributed by atoms with van der Waals surface area (Å²) in [7, 11) is 0. The van der Waals surface area contributed by atoms with Crippen molar-refractivity contribution in [3.8, 4) is 0 Å². The SMILES string of the molecule is OC[C@@H]1CN(Cc2cc(F)ccc2F)C[C@@H]1CN1CCCC1. The summed E-state index contributed by atoms with van der Waals surface area (Å²) in [5.41, 5.74) is 0.401. The zero-order valence-corrected chi connectivity index (χ0v) is 12.8. The van der Waals surface area contributed by atoms with Gasteiger partial charge in [0.25, 0.3) is 0 Å². The third-order valence-corrected chi connectivity index (χ3v) is 4.98. The maximum Gasteiger partial charge on any atom is 0.127 e. The van der Waals surface area contributed by atoms with Crippen LogP contribution < -0.4 is 0 Å². The molecule has 2 aliphatic rings. The number of nitrogens with zero attached hydrogens (tertiary/aromatic N) is 2. The van der Waals surface area contributed by atoms with E-state index in [1.54, 1.807) is 0 Å². The molecule has 2 heterocycles. The van der Waals surface area contributed by atoms with Gasteiger partial charge >= 0.3 is 0 Å². The number of aliphatic hydroxyl groups excluding tert-OH is 1. The molecule has 1 aromatic carbocycles. The number of hydrogen-bond acceptors (Lipinski definition) is 3. The molecule has 0 amide bonds. The highest BCUT2D eigenvalue weighted by Crippen LogP contribution is 2.27. The first-order valence-electron chi connectivity index (χ1n) is 8.15. The number of likely N-dealkylation sites (tertiary alicyclic amines) is 2. The van der Waals surface area contributed by atoms with Crippen LogP contribution in [-0.4, -0.2) is 54.2 Å². The molecule has 0 bridgehead atoms. The van der Waals surface area contributed by atoms with Gasteiger partial charge in [0.05, 0.1) is 0 Å². The van der Waals surface area contributed by atoms with Gasteiger partial charge in [-0.1, -0.05) is 0 Å². The molecule has 1 aromatic rings. The molecule has 0 aliphatic carbocycles. The summed E-state index contributed by atoms with van der Waals surface area (Å²) in [4.78, 5) is 4.60. The second-order valence-electron chi connectivity index (χ2n) is 6.64. The van der Waals surface area contributed by atoms with Crippen LogP contribution in [0.25, 0.3) is 0 Å². The second kappa shape index (κ2) is 7.02. The molecule has 3 rings (SSSR count). The molecule has 0 spiro atoms. The van der Waals surface area contributed by atoms with Gasteiger partial charge in [-0.3, -0.25) is 4.90 Å². The van der Waals surface area contributed by atoms with E-state index in [1.165, 1.54) is 25.0 Å². The molecular weight excluding hydrogens is 286 g/mol. The van der Waals surface area contributed by atoms with Crippen molar-refractivity contribution >= 4 is 0 Å². The van der Waals surface area contributed by atoms with Crippen LogP contribution in [-0.2, 0) is 6.54 Å². The largest absolute Gasteiger partial charge is 0.396 e. The fourth-order valence-electron chi connectivity index (χ4n) is 3.78. The Labute approximate surface area is 130 Å². The van der Waals surface area contributed by atoms with Crippen LogP contribution in [0.5, 0.6) is 0 Å². The highest BCUT2D eigenvalue weighted by atomic mass is 19.1. The molecular formula is C17H24F2N2O. The van der Waals surface area contributed by atoms with E-state index in [9.17, 15) is 13.9 Å². The number of hydrogen-bond donors (Lipinski definition) is 1. The molecule has 0 saturated carbocycles. The van der Waals surface area contributed by atoms with Gasteiger partial charge in [-0.25, -0.2) is 8.78 Å². The van der Waals surface area contributed by atoms with Crippen LogP contribution >= 0.6 is 0 Å². The topological polar surface area (TPSA) is 26.7 Å². The highest BCUT2D eigenvalue weighted by Gasteiger charge is 2.34. The lowest BCUT2D eigenvalue weighted by atomic mass is 9.96. The average Bonchev–Trinajstić information content (AvgIpc) is 3.13. The monoisotopic (exact) mass is 310 g/mol. The van der Waals surface area contributed by atoms with Gasteiger partial charge < -0.3 is 10.0 Å². The fraction of sp³-hybridized carbons (Fsp3) is 0.647. The maximum absolute atomic E-state index is 13.8. The van der Waals surface area contributed by atoms with Crippen molar-refractivity contribution < 1.29 is 13.9 Å². The Morgan fingerprint density at radius 3 is 2.50 bits per heavy atom. The minimum Gasteiger partial charge on any atom is -0.396 e. The van der Waals surface area contributed by atoms with Crippen LogP contribution in [0.1, 0.15) is 18.4 Å². The number of benzene rings is 1. The molecule has 22 heavy (non-hydrogen) atoms. The molecule has 2 saturated heterocycles. The molecule has 3 nitrogen and oxygen atoms in total. The Balaban J connectivity index is 1.62. The van der Waals surface area contributed by atoms with Crippen LogP contribution in [0.2, 0.25) is 0 Å². The van der Waals surface area contributed by atoms with E-state index in [2.05, 4.69) is 9.80 Å². The molecule has 5 heteroatoms. The third-order valence-electron chi connectivity index (χ3n) is 4.98. The molecule has 2 atom stereocenters. The minimum absolute atomic E-state index is 0.167. The predicted octanol–water partition coefficient (Wildman–Crippen LogP) is 2.10. The van der Waals surface area contributed by atoms with Crippen LogP contribution in [0.15, 0.2) is 18.2 Å². The average molecular weight is 310 g/mol. The summed E-state index contributed by atoms with van der Waals surface area (Å²) in [6, 6.07) is 3.61. The molecule has 1 N–H and O–H groups in total. The summed E-state index contributed by atoms with van der Waals surface area (Å²) in [5.74, 6) is -0.107. The Morgan fingerprint density at radius 1 is 1.05 bits per heavy atom. The number of halogens is 2. The Hall–Kier alpha value is -1.04. The van der Waals surface area contributed by atoms with E-state index in [0.29, 0.717) is 18.0 Å². The van der Waals surface area contributed by atoms with Gasteiger partial charge in [0, 0.05) is 38.3 Å². The van der Waals surface area contributed by atoms with Gasteiger partial charge in [0.2, 0.25) is 0 Å². The zero-order chi connectivity index (χ0) is 15.5. The Bertz CT molecular complexity index is 505. The van der Waals surface area contributed by atoms with E-state index in [1.807, 2.05) is 0 Å². The van der Waals surface area contributed by atoms with Crippen molar-refractivity contribution in [3.63, 3.8) is 0 Å².